The highest BCUT2D eigenvalue weighted by Crippen LogP contribution is 2.34. The number of H-pyrrole nitrogens is 1. The second-order valence-electron chi connectivity index (χ2n) is 8.90. The van der Waals surface area contributed by atoms with Crippen LogP contribution in [0, 0.1) is 5.92 Å². The summed E-state index contributed by atoms with van der Waals surface area (Å²) >= 11 is 0. The molecule has 31 heavy (non-hydrogen) atoms. The maximum absolute atomic E-state index is 12.4. The van der Waals surface area contributed by atoms with Crippen molar-refractivity contribution in [2.45, 2.75) is 38.6 Å². The van der Waals surface area contributed by atoms with E-state index < -0.39 is 0 Å². The van der Waals surface area contributed by atoms with Crippen LogP contribution in [0.15, 0.2) is 47.5 Å². The number of Topliss-reactive ketones (excluding diaryl/α,β-unsaturated/α-hetero) is 1. The maximum atomic E-state index is 12.4. The SMILES string of the molecule is CC(=O)c1cnc2ccc(-c3ccc(=O)[nH]c3)cc2c1N[C@H]1CC[C@H](CN(C)C)CC1. The molecule has 1 aliphatic carbocycles. The molecule has 0 radical (unpaired) electrons. The van der Waals surface area contributed by atoms with Gasteiger partial charge in [-0.05, 0) is 81.9 Å². The van der Waals surface area contributed by atoms with Crippen LogP contribution in [0.3, 0.4) is 0 Å². The van der Waals surface area contributed by atoms with E-state index in [9.17, 15) is 9.59 Å². The number of carbonyl (C=O) groups is 1. The standard InChI is InChI=1S/C25H30N4O2/c1-16(30)22-14-26-23-10-6-18(19-7-11-24(31)27-13-19)12-21(23)25(22)28-20-8-4-17(5-9-20)15-29(2)3/h6-7,10-14,17,20H,4-5,8-9,15H2,1-3H3,(H,26,28)(H,27,31)/t17-,20-. The van der Waals surface area contributed by atoms with Crippen molar-refractivity contribution in [3.63, 3.8) is 0 Å². The maximum Gasteiger partial charge on any atom is 0.247 e. The van der Waals surface area contributed by atoms with Gasteiger partial charge in [0.15, 0.2) is 5.78 Å². The lowest BCUT2D eigenvalue weighted by atomic mass is 9.85. The Hall–Kier alpha value is -2.99. The number of aromatic nitrogens is 2. The topological polar surface area (TPSA) is 78.1 Å². The van der Waals surface area contributed by atoms with Crippen LogP contribution in [0.5, 0.6) is 0 Å². The second-order valence-corrected chi connectivity index (χ2v) is 8.90. The van der Waals surface area contributed by atoms with Crippen molar-refractivity contribution in [2.75, 3.05) is 26.0 Å². The largest absolute Gasteiger partial charge is 0.381 e. The van der Waals surface area contributed by atoms with E-state index in [2.05, 4.69) is 40.3 Å². The van der Waals surface area contributed by atoms with Crippen molar-refractivity contribution >= 4 is 22.4 Å². The molecule has 1 aliphatic rings. The van der Waals surface area contributed by atoms with Crippen molar-refractivity contribution in [2.24, 2.45) is 5.92 Å². The average Bonchev–Trinajstić information content (AvgIpc) is 2.75. The Morgan fingerprint density at radius 2 is 1.87 bits per heavy atom. The summed E-state index contributed by atoms with van der Waals surface area (Å²) in [6.45, 7) is 2.72. The Kier molecular flexibility index (Phi) is 6.18. The minimum Gasteiger partial charge on any atom is -0.381 e. The molecule has 162 valence electrons. The molecule has 6 heteroatoms. The molecule has 2 heterocycles. The van der Waals surface area contributed by atoms with E-state index in [1.165, 1.54) is 18.9 Å². The zero-order chi connectivity index (χ0) is 22.0. The molecule has 0 aliphatic heterocycles. The molecule has 0 spiro atoms. The number of pyridine rings is 2. The highest BCUT2D eigenvalue weighted by molar-refractivity contribution is 6.07. The molecule has 0 unspecified atom stereocenters. The molecule has 2 N–H and O–H groups in total. The third-order valence-corrected chi connectivity index (χ3v) is 6.18. The number of carbonyl (C=O) groups excluding carboxylic acids is 1. The van der Waals surface area contributed by atoms with Crippen molar-refractivity contribution in [1.29, 1.82) is 0 Å². The Labute approximate surface area is 182 Å². The monoisotopic (exact) mass is 418 g/mol. The normalized spacial score (nSPS) is 19.0. The van der Waals surface area contributed by atoms with Gasteiger partial charge in [-0.25, -0.2) is 0 Å². The summed E-state index contributed by atoms with van der Waals surface area (Å²) in [6, 6.07) is 9.70. The first-order valence-corrected chi connectivity index (χ1v) is 10.9. The minimum absolute atomic E-state index is 0.00707. The van der Waals surface area contributed by atoms with Gasteiger partial charge in [-0.2, -0.15) is 0 Å². The van der Waals surface area contributed by atoms with E-state index in [0.717, 1.165) is 53.0 Å². The fourth-order valence-electron chi connectivity index (χ4n) is 4.59. The Bertz CT molecular complexity index is 1120. The molecule has 3 aromatic rings. The van der Waals surface area contributed by atoms with Crippen LogP contribution in [0.25, 0.3) is 22.0 Å². The van der Waals surface area contributed by atoms with Gasteiger partial charge in [0.05, 0.1) is 16.8 Å². The van der Waals surface area contributed by atoms with Gasteiger partial charge in [-0.1, -0.05) is 6.07 Å². The summed E-state index contributed by atoms with van der Waals surface area (Å²) in [5, 5.41) is 4.64. The molecule has 6 nitrogen and oxygen atoms in total. The van der Waals surface area contributed by atoms with Gasteiger partial charge < -0.3 is 15.2 Å². The highest BCUT2D eigenvalue weighted by Gasteiger charge is 2.23. The van der Waals surface area contributed by atoms with E-state index in [-0.39, 0.29) is 11.3 Å². The first-order chi connectivity index (χ1) is 14.9. The highest BCUT2D eigenvalue weighted by atomic mass is 16.1. The molecule has 4 rings (SSSR count). The summed E-state index contributed by atoms with van der Waals surface area (Å²) in [5.41, 5.74) is 4.12. The molecule has 1 fully saturated rings. The number of hydrogen-bond acceptors (Lipinski definition) is 5. The summed E-state index contributed by atoms with van der Waals surface area (Å²) in [7, 11) is 4.26. The van der Waals surface area contributed by atoms with E-state index >= 15 is 0 Å². The third kappa shape index (κ3) is 4.85. The van der Waals surface area contributed by atoms with Crippen LogP contribution in [0.1, 0.15) is 43.0 Å². The molecule has 1 saturated carbocycles. The smallest absolute Gasteiger partial charge is 0.247 e. The molecule has 0 amide bonds. The summed E-state index contributed by atoms with van der Waals surface area (Å²) in [6.07, 6.45) is 7.97. The summed E-state index contributed by atoms with van der Waals surface area (Å²) < 4.78 is 0. The number of aromatic amines is 1. The number of anilines is 1. The second kappa shape index (κ2) is 9.02. The molecule has 1 aromatic carbocycles. The van der Waals surface area contributed by atoms with Crippen LogP contribution in [-0.2, 0) is 0 Å². The summed E-state index contributed by atoms with van der Waals surface area (Å²) in [4.78, 5) is 33.3. The quantitative estimate of drug-likeness (QED) is 0.583. The Morgan fingerprint density at radius 1 is 1.13 bits per heavy atom. The molecule has 0 saturated heterocycles. The molecular weight excluding hydrogens is 388 g/mol. The number of ketones is 1. The van der Waals surface area contributed by atoms with Crippen molar-refractivity contribution < 1.29 is 4.79 Å². The van der Waals surface area contributed by atoms with E-state index in [4.69, 9.17) is 0 Å². The zero-order valence-electron chi connectivity index (χ0n) is 18.4. The van der Waals surface area contributed by atoms with E-state index in [1.807, 2.05) is 12.1 Å². The lowest BCUT2D eigenvalue weighted by Crippen LogP contribution is -2.31. The van der Waals surface area contributed by atoms with Crippen LogP contribution < -0.4 is 10.9 Å². The molecular formula is C25H30N4O2. The number of nitrogens with zero attached hydrogens (tertiary/aromatic N) is 2. The first-order valence-electron chi connectivity index (χ1n) is 10.9. The molecule has 0 bridgehead atoms. The average molecular weight is 419 g/mol. The van der Waals surface area contributed by atoms with E-state index in [0.29, 0.717) is 11.6 Å². The van der Waals surface area contributed by atoms with Crippen LogP contribution in [0.2, 0.25) is 0 Å². The number of hydrogen-bond donors (Lipinski definition) is 2. The van der Waals surface area contributed by atoms with Gasteiger partial charge in [0.25, 0.3) is 0 Å². The Balaban J connectivity index is 1.67. The van der Waals surface area contributed by atoms with Crippen molar-refractivity contribution in [1.82, 2.24) is 14.9 Å². The Morgan fingerprint density at radius 3 is 2.52 bits per heavy atom. The summed E-state index contributed by atoms with van der Waals surface area (Å²) in [5.74, 6) is 0.744. The third-order valence-electron chi connectivity index (χ3n) is 6.18. The zero-order valence-corrected chi connectivity index (χ0v) is 18.4. The van der Waals surface area contributed by atoms with Crippen LogP contribution >= 0.6 is 0 Å². The predicted octanol–water partition coefficient (Wildman–Crippen LogP) is 4.33. The predicted molar refractivity (Wildman–Crippen MR) is 126 cm³/mol. The van der Waals surface area contributed by atoms with E-state index in [1.54, 1.807) is 25.4 Å². The fourth-order valence-corrected chi connectivity index (χ4v) is 4.59. The van der Waals surface area contributed by atoms with Gasteiger partial charge in [0, 0.05) is 36.4 Å². The lowest BCUT2D eigenvalue weighted by Gasteiger charge is -2.32. The fraction of sp³-hybridized carbons (Fsp3) is 0.400. The van der Waals surface area contributed by atoms with Crippen molar-refractivity contribution in [3.05, 3.63) is 58.6 Å². The number of benzene rings is 1. The molecule has 2 aromatic heterocycles. The van der Waals surface area contributed by atoms with Gasteiger partial charge in [0.2, 0.25) is 5.56 Å². The van der Waals surface area contributed by atoms with Crippen molar-refractivity contribution in [3.8, 4) is 11.1 Å². The number of fused-ring (bicyclic) bond motifs is 1. The van der Waals surface area contributed by atoms with Gasteiger partial charge in [-0.15, -0.1) is 0 Å². The first kappa shape index (κ1) is 21.2. The number of nitrogens with one attached hydrogen (secondary N) is 2. The van der Waals surface area contributed by atoms with Gasteiger partial charge in [0.1, 0.15) is 0 Å². The van der Waals surface area contributed by atoms with Crippen LogP contribution in [-0.4, -0.2) is 47.3 Å². The minimum atomic E-state index is -0.128. The lowest BCUT2D eigenvalue weighted by molar-refractivity contribution is 0.101. The number of rotatable bonds is 6. The molecule has 0 atom stereocenters. The van der Waals surface area contributed by atoms with Crippen LogP contribution in [0.4, 0.5) is 5.69 Å². The van der Waals surface area contributed by atoms with Gasteiger partial charge >= 0.3 is 0 Å². The van der Waals surface area contributed by atoms with Gasteiger partial charge in [-0.3, -0.25) is 14.6 Å².